The second kappa shape index (κ2) is 10.7. The van der Waals surface area contributed by atoms with Gasteiger partial charge in [-0.25, -0.2) is 4.99 Å². The van der Waals surface area contributed by atoms with Gasteiger partial charge in [-0.2, -0.15) is 0 Å². The van der Waals surface area contributed by atoms with Crippen molar-refractivity contribution in [1.82, 2.24) is 5.32 Å². The van der Waals surface area contributed by atoms with Gasteiger partial charge >= 0.3 is 0 Å². The number of aryl methyl sites for hydroxylation is 2. The molecule has 1 atom stereocenters. The van der Waals surface area contributed by atoms with Gasteiger partial charge in [-0.05, 0) is 61.5 Å². The van der Waals surface area contributed by atoms with E-state index in [4.69, 9.17) is 5.73 Å². The predicted octanol–water partition coefficient (Wildman–Crippen LogP) is 5.68. The van der Waals surface area contributed by atoms with E-state index in [1.807, 2.05) is 0 Å². The number of benzene rings is 1. The summed E-state index contributed by atoms with van der Waals surface area (Å²) in [5, 5.41) is 2.77. The van der Waals surface area contributed by atoms with Crippen molar-refractivity contribution < 1.29 is 4.79 Å². The van der Waals surface area contributed by atoms with Crippen molar-refractivity contribution in [2.45, 2.75) is 108 Å². The Kier molecular flexibility index (Phi) is 7.68. The monoisotopic (exact) mass is 423 g/mol. The summed E-state index contributed by atoms with van der Waals surface area (Å²) >= 11 is 0. The molecule has 3 aliphatic carbocycles. The van der Waals surface area contributed by atoms with Crippen LogP contribution in [0.1, 0.15) is 101 Å². The molecule has 170 valence electrons. The summed E-state index contributed by atoms with van der Waals surface area (Å²) in [6.07, 6.45) is 20.2. The van der Waals surface area contributed by atoms with Gasteiger partial charge in [-0.3, -0.25) is 10.1 Å². The molecule has 0 unspecified atom stereocenters. The Morgan fingerprint density at radius 2 is 1.45 bits per heavy atom. The van der Waals surface area contributed by atoms with Crippen molar-refractivity contribution in [2.75, 3.05) is 0 Å². The summed E-state index contributed by atoms with van der Waals surface area (Å²) in [5.41, 5.74) is 8.41. The van der Waals surface area contributed by atoms with E-state index in [1.165, 1.54) is 83.5 Å². The highest BCUT2D eigenvalue weighted by Crippen LogP contribution is 2.38. The molecule has 2 saturated carbocycles. The fourth-order valence-corrected chi connectivity index (χ4v) is 6.25. The van der Waals surface area contributed by atoms with Crippen LogP contribution in [0.4, 0.5) is 0 Å². The Balaban J connectivity index is 0.000000212. The Morgan fingerprint density at radius 1 is 0.871 bits per heavy atom. The Bertz CT molecular complexity index is 738. The molecule has 2 fully saturated rings. The summed E-state index contributed by atoms with van der Waals surface area (Å²) in [6.45, 7) is 0. The van der Waals surface area contributed by atoms with Gasteiger partial charge in [-0.15, -0.1) is 0 Å². The van der Waals surface area contributed by atoms with Crippen LogP contribution in [0.25, 0.3) is 0 Å². The Hall–Kier alpha value is -1.84. The second-order valence-electron chi connectivity index (χ2n) is 10.4. The van der Waals surface area contributed by atoms with E-state index in [-0.39, 0.29) is 5.91 Å². The molecule has 0 bridgehead atoms. The number of fused-ring (bicyclic) bond motifs is 1. The number of rotatable bonds is 5. The number of aliphatic imine (C=N–C) groups is 1. The van der Waals surface area contributed by atoms with Gasteiger partial charge in [0.15, 0.2) is 5.96 Å². The van der Waals surface area contributed by atoms with Crippen LogP contribution in [0.15, 0.2) is 29.3 Å². The van der Waals surface area contributed by atoms with Crippen LogP contribution < -0.4 is 11.1 Å². The topological polar surface area (TPSA) is 67.5 Å². The highest BCUT2D eigenvalue weighted by molar-refractivity contribution is 6.06. The van der Waals surface area contributed by atoms with E-state index >= 15 is 0 Å². The van der Waals surface area contributed by atoms with Gasteiger partial charge < -0.3 is 5.73 Å². The lowest BCUT2D eigenvalue weighted by atomic mass is 9.75. The number of carbonyl (C=O) groups excluding carboxylic acids is 1. The molecule has 0 spiro atoms. The van der Waals surface area contributed by atoms with E-state index in [0.29, 0.717) is 11.9 Å². The fraction of sp³-hybridized carbons (Fsp3) is 0.704. The maximum Gasteiger partial charge on any atom is 0.254 e. The van der Waals surface area contributed by atoms with Crippen molar-refractivity contribution in [2.24, 2.45) is 22.6 Å². The lowest BCUT2D eigenvalue weighted by Crippen LogP contribution is -2.42. The van der Waals surface area contributed by atoms with Crippen LogP contribution in [-0.2, 0) is 17.6 Å². The third-order valence-electron chi connectivity index (χ3n) is 8.05. The molecule has 1 aromatic rings. The maximum absolute atomic E-state index is 12.5. The number of nitrogens with one attached hydrogen (secondary N) is 1. The molecule has 0 aromatic heterocycles. The van der Waals surface area contributed by atoms with Gasteiger partial charge in [0.25, 0.3) is 5.91 Å². The smallest absolute Gasteiger partial charge is 0.254 e. The molecule has 1 aromatic carbocycles. The first-order valence-corrected chi connectivity index (χ1v) is 12.9. The van der Waals surface area contributed by atoms with Gasteiger partial charge in [-0.1, -0.05) is 88.5 Å². The molecular weight excluding hydrogens is 382 g/mol. The zero-order valence-corrected chi connectivity index (χ0v) is 19.2. The molecular formula is C27H41N3O. The van der Waals surface area contributed by atoms with Crippen LogP contribution in [-0.4, -0.2) is 17.4 Å². The van der Waals surface area contributed by atoms with Gasteiger partial charge in [0.05, 0.1) is 0 Å². The van der Waals surface area contributed by atoms with Crippen molar-refractivity contribution >= 4 is 11.9 Å². The zero-order valence-electron chi connectivity index (χ0n) is 19.2. The van der Waals surface area contributed by atoms with E-state index in [9.17, 15) is 4.79 Å². The van der Waals surface area contributed by atoms with Crippen LogP contribution in [0, 0.1) is 11.8 Å². The van der Waals surface area contributed by atoms with E-state index in [1.54, 1.807) is 11.1 Å². The number of guanidine groups is 1. The number of carbonyl (C=O) groups is 1. The minimum atomic E-state index is -0.552. The van der Waals surface area contributed by atoms with Crippen molar-refractivity contribution in [1.29, 1.82) is 0 Å². The number of hydrogen-bond acceptors (Lipinski definition) is 3. The SMILES string of the molecule is NC1=N[C@](CCC2CCCCC2)(CC2CCCCC2)C(=O)N1.c1ccc2c(c1)CCC2. The lowest BCUT2D eigenvalue weighted by molar-refractivity contribution is -0.124. The minimum absolute atomic E-state index is 0.0615. The lowest BCUT2D eigenvalue weighted by Gasteiger charge is -2.32. The number of amides is 1. The average molecular weight is 424 g/mol. The van der Waals surface area contributed by atoms with Crippen LogP contribution in [0.3, 0.4) is 0 Å². The Labute approximate surface area is 188 Å². The summed E-state index contributed by atoms with van der Waals surface area (Å²) in [6, 6.07) is 8.74. The number of hydrogen-bond donors (Lipinski definition) is 2. The first kappa shape index (κ1) is 22.4. The molecule has 4 nitrogen and oxygen atoms in total. The predicted molar refractivity (Wildman–Crippen MR) is 128 cm³/mol. The summed E-state index contributed by atoms with van der Waals surface area (Å²) < 4.78 is 0. The van der Waals surface area contributed by atoms with Crippen LogP contribution in [0.5, 0.6) is 0 Å². The maximum atomic E-state index is 12.5. The molecule has 5 rings (SSSR count). The molecule has 1 aliphatic heterocycles. The van der Waals surface area contributed by atoms with Gasteiger partial charge in [0.1, 0.15) is 5.54 Å². The third kappa shape index (κ3) is 5.90. The van der Waals surface area contributed by atoms with Crippen molar-refractivity contribution in [3.05, 3.63) is 35.4 Å². The molecule has 4 heteroatoms. The van der Waals surface area contributed by atoms with Crippen molar-refractivity contribution in [3.63, 3.8) is 0 Å². The summed E-state index contributed by atoms with van der Waals surface area (Å²) in [4.78, 5) is 17.2. The van der Waals surface area contributed by atoms with E-state index in [2.05, 4.69) is 34.6 Å². The quantitative estimate of drug-likeness (QED) is 0.640. The standard InChI is InChI=1S/C18H31N3O.C9H10/c19-17-20-16(22)18(21-17,13-15-9-5-2-6-10-15)12-11-14-7-3-1-4-8-14;1-2-5-9-7-3-6-8(9)4-1/h14-15H,1-13H2,(H3,19,20,21,22);1-2,4-5H,3,6-7H2/t18-;/m1./s1. The molecule has 3 N–H and O–H groups in total. The van der Waals surface area contributed by atoms with Crippen LogP contribution >= 0.6 is 0 Å². The normalized spacial score (nSPS) is 26.6. The average Bonchev–Trinajstić information content (AvgIpc) is 3.38. The number of nitrogens with two attached hydrogens (primary N) is 1. The molecule has 1 amide bonds. The summed E-state index contributed by atoms with van der Waals surface area (Å²) in [7, 11) is 0. The van der Waals surface area contributed by atoms with Gasteiger partial charge in [0.2, 0.25) is 0 Å². The molecule has 0 saturated heterocycles. The van der Waals surface area contributed by atoms with Crippen LogP contribution in [0.2, 0.25) is 0 Å². The van der Waals surface area contributed by atoms with Gasteiger partial charge in [0, 0.05) is 0 Å². The fourth-order valence-electron chi connectivity index (χ4n) is 6.25. The van der Waals surface area contributed by atoms with E-state index in [0.717, 1.165) is 25.2 Å². The van der Waals surface area contributed by atoms with Crippen molar-refractivity contribution in [3.8, 4) is 0 Å². The first-order chi connectivity index (χ1) is 15.1. The third-order valence-corrected chi connectivity index (χ3v) is 8.05. The minimum Gasteiger partial charge on any atom is -0.370 e. The Morgan fingerprint density at radius 3 is 2.00 bits per heavy atom. The molecule has 4 aliphatic rings. The zero-order chi connectivity index (χ0) is 21.5. The second-order valence-corrected chi connectivity index (χ2v) is 10.4. The highest BCUT2D eigenvalue weighted by Gasteiger charge is 2.44. The molecule has 1 heterocycles. The summed E-state index contributed by atoms with van der Waals surface area (Å²) in [5.74, 6) is 1.85. The van der Waals surface area contributed by atoms with E-state index < -0.39 is 5.54 Å². The molecule has 31 heavy (non-hydrogen) atoms. The largest absolute Gasteiger partial charge is 0.370 e. The number of nitrogens with zero attached hydrogens (tertiary/aromatic N) is 1. The first-order valence-electron chi connectivity index (χ1n) is 12.9. The molecule has 0 radical (unpaired) electrons. The highest BCUT2D eigenvalue weighted by atomic mass is 16.2.